The Morgan fingerprint density at radius 2 is 2.18 bits per heavy atom. The van der Waals surface area contributed by atoms with Crippen LogP contribution in [0, 0.1) is 5.41 Å². The predicted octanol–water partition coefficient (Wildman–Crippen LogP) is 0.838. The van der Waals surface area contributed by atoms with Gasteiger partial charge in [-0.15, -0.1) is 0 Å². The van der Waals surface area contributed by atoms with E-state index in [9.17, 15) is 0 Å². The monoisotopic (exact) mass is 151 g/mol. The van der Waals surface area contributed by atoms with Crippen LogP contribution in [0.2, 0.25) is 0 Å². The smallest absolute Gasteiger partial charge is 0.252 e. The van der Waals surface area contributed by atoms with E-state index in [1.807, 2.05) is 6.92 Å². The molecule has 0 fully saturated rings. The second kappa shape index (κ2) is 3.65. The van der Waals surface area contributed by atoms with Gasteiger partial charge in [0, 0.05) is 12.4 Å². The Morgan fingerprint density at radius 3 is 2.73 bits per heavy atom. The molecule has 0 saturated carbocycles. The van der Waals surface area contributed by atoms with Gasteiger partial charge in [-0.2, -0.15) is 0 Å². The molecular weight excluding hydrogens is 142 g/mol. The highest BCUT2D eigenvalue weighted by atomic mass is 16.5. The Balaban J connectivity index is 2.69. The van der Waals surface area contributed by atoms with Gasteiger partial charge in [-0.1, -0.05) is 0 Å². The van der Waals surface area contributed by atoms with Gasteiger partial charge < -0.3 is 4.74 Å². The van der Waals surface area contributed by atoms with Crippen LogP contribution in [-0.4, -0.2) is 22.5 Å². The van der Waals surface area contributed by atoms with E-state index < -0.39 is 0 Å². The third kappa shape index (κ3) is 2.00. The lowest BCUT2D eigenvalue weighted by atomic mass is 10.5. The summed E-state index contributed by atoms with van der Waals surface area (Å²) in [4.78, 5) is 7.67. The first-order valence-electron chi connectivity index (χ1n) is 3.33. The highest BCUT2D eigenvalue weighted by molar-refractivity contribution is 5.87. The fourth-order valence-electron chi connectivity index (χ4n) is 0.625. The van der Waals surface area contributed by atoms with Gasteiger partial charge in [0.1, 0.15) is 0 Å². The molecule has 1 N–H and O–H groups in total. The van der Waals surface area contributed by atoms with Crippen LogP contribution >= 0.6 is 0 Å². The molecule has 0 bridgehead atoms. The van der Waals surface area contributed by atoms with Gasteiger partial charge in [-0.25, -0.2) is 9.97 Å². The highest BCUT2D eigenvalue weighted by Crippen LogP contribution is 1.90. The van der Waals surface area contributed by atoms with E-state index in [-0.39, 0.29) is 5.90 Å². The fraction of sp³-hybridized carbons (Fsp3) is 0.286. The molecule has 0 atom stereocenters. The molecule has 1 aromatic rings. The van der Waals surface area contributed by atoms with Crippen LogP contribution in [-0.2, 0) is 4.74 Å². The molecule has 0 radical (unpaired) electrons. The van der Waals surface area contributed by atoms with Gasteiger partial charge in [-0.05, 0) is 13.0 Å². The maximum atomic E-state index is 7.28. The number of hydrogen-bond donors (Lipinski definition) is 1. The summed E-state index contributed by atoms with van der Waals surface area (Å²) in [5, 5.41) is 7.28. The summed E-state index contributed by atoms with van der Waals surface area (Å²) in [5.41, 5.74) is 0. The van der Waals surface area contributed by atoms with Gasteiger partial charge in [0.05, 0.1) is 6.61 Å². The van der Waals surface area contributed by atoms with Crippen molar-refractivity contribution in [3.05, 3.63) is 24.3 Å². The van der Waals surface area contributed by atoms with Crippen molar-refractivity contribution in [3.8, 4) is 0 Å². The second-order valence-electron chi connectivity index (χ2n) is 1.83. The van der Waals surface area contributed by atoms with Gasteiger partial charge in [0.25, 0.3) is 5.90 Å². The number of ether oxygens (including phenoxy) is 1. The minimum absolute atomic E-state index is 0.0214. The molecule has 1 heterocycles. The first-order valence-corrected chi connectivity index (χ1v) is 3.33. The number of aromatic nitrogens is 2. The van der Waals surface area contributed by atoms with Gasteiger partial charge in [0.2, 0.25) is 5.82 Å². The lowest BCUT2D eigenvalue weighted by Crippen LogP contribution is -2.08. The average molecular weight is 151 g/mol. The lowest BCUT2D eigenvalue weighted by molar-refractivity contribution is 0.323. The molecule has 11 heavy (non-hydrogen) atoms. The van der Waals surface area contributed by atoms with Crippen LogP contribution in [0.25, 0.3) is 0 Å². The predicted molar refractivity (Wildman–Crippen MR) is 40.5 cm³/mol. The molecule has 1 rings (SSSR count). The molecule has 0 spiro atoms. The Bertz CT molecular complexity index is 235. The normalized spacial score (nSPS) is 9.18. The maximum Gasteiger partial charge on any atom is 0.252 e. The highest BCUT2D eigenvalue weighted by Gasteiger charge is 2.01. The molecule has 1 aromatic heterocycles. The lowest BCUT2D eigenvalue weighted by Gasteiger charge is -2.00. The summed E-state index contributed by atoms with van der Waals surface area (Å²) < 4.78 is 4.89. The minimum atomic E-state index is 0.0214. The largest absolute Gasteiger partial charge is 0.476 e. The van der Waals surface area contributed by atoms with Crippen molar-refractivity contribution in [2.45, 2.75) is 6.92 Å². The van der Waals surface area contributed by atoms with Crippen molar-refractivity contribution < 1.29 is 4.74 Å². The number of rotatable bonds is 2. The molecule has 58 valence electrons. The SMILES string of the molecule is CCOC(=N)c1ncccn1. The van der Waals surface area contributed by atoms with E-state index in [2.05, 4.69) is 9.97 Å². The summed E-state index contributed by atoms with van der Waals surface area (Å²) in [6.45, 7) is 2.29. The number of hydrogen-bond acceptors (Lipinski definition) is 4. The Kier molecular flexibility index (Phi) is 2.54. The van der Waals surface area contributed by atoms with Crippen molar-refractivity contribution in [1.29, 1.82) is 5.41 Å². The first-order chi connectivity index (χ1) is 5.34. The molecule has 0 unspecified atom stereocenters. The van der Waals surface area contributed by atoms with Crippen molar-refractivity contribution in [2.75, 3.05) is 6.61 Å². The van der Waals surface area contributed by atoms with Crippen LogP contribution in [0.3, 0.4) is 0 Å². The van der Waals surface area contributed by atoms with E-state index in [0.717, 1.165) is 0 Å². The molecular formula is C7H9N3O. The standard InChI is InChI=1S/C7H9N3O/c1-2-11-6(8)7-9-4-3-5-10-7/h3-5,8H,2H2,1H3. The van der Waals surface area contributed by atoms with Crippen molar-refractivity contribution in [1.82, 2.24) is 9.97 Å². The topological polar surface area (TPSA) is 58.9 Å². The quantitative estimate of drug-likeness (QED) is 0.503. The van der Waals surface area contributed by atoms with Crippen LogP contribution in [0.15, 0.2) is 18.5 Å². The molecule has 4 nitrogen and oxygen atoms in total. The summed E-state index contributed by atoms with van der Waals surface area (Å²) in [6, 6.07) is 1.70. The van der Waals surface area contributed by atoms with Crippen LogP contribution < -0.4 is 0 Å². The summed E-state index contributed by atoms with van der Waals surface area (Å²) in [6.07, 6.45) is 3.16. The molecule has 0 amide bonds. The molecule has 0 aliphatic rings. The van der Waals surface area contributed by atoms with Crippen LogP contribution in [0.1, 0.15) is 12.7 Å². The molecule has 0 aromatic carbocycles. The third-order valence-corrected chi connectivity index (χ3v) is 1.06. The van der Waals surface area contributed by atoms with E-state index in [1.165, 1.54) is 0 Å². The van der Waals surface area contributed by atoms with E-state index >= 15 is 0 Å². The summed E-state index contributed by atoms with van der Waals surface area (Å²) in [5.74, 6) is 0.349. The molecule has 0 aliphatic carbocycles. The van der Waals surface area contributed by atoms with E-state index in [1.54, 1.807) is 18.5 Å². The molecule has 0 saturated heterocycles. The van der Waals surface area contributed by atoms with Gasteiger partial charge in [0.15, 0.2) is 0 Å². The number of nitrogens with one attached hydrogen (secondary N) is 1. The van der Waals surface area contributed by atoms with Gasteiger partial charge in [-0.3, -0.25) is 5.41 Å². The van der Waals surface area contributed by atoms with Crippen molar-refractivity contribution >= 4 is 5.90 Å². The van der Waals surface area contributed by atoms with E-state index in [0.29, 0.717) is 12.4 Å². The Morgan fingerprint density at radius 1 is 1.55 bits per heavy atom. The average Bonchev–Trinajstić information content (AvgIpc) is 2.07. The molecule has 4 heteroatoms. The van der Waals surface area contributed by atoms with Crippen LogP contribution in [0.4, 0.5) is 0 Å². The van der Waals surface area contributed by atoms with Crippen molar-refractivity contribution in [2.24, 2.45) is 0 Å². The van der Waals surface area contributed by atoms with Crippen LogP contribution in [0.5, 0.6) is 0 Å². The van der Waals surface area contributed by atoms with Crippen molar-refractivity contribution in [3.63, 3.8) is 0 Å². The Hall–Kier alpha value is -1.45. The zero-order chi connectivity index (χ0) is 8.10. The fourth-order valence-corrected chi connectivity index (χ4v) is 0.625. The molecule has 0 aliphatic heterocycles. The third-order valence-electron chi connectivity index (χ3n) is 1.06. The number of nitrogens with zero attached hydrogens (tertiary/aromatic N) is 2. The zero-order valence-electron chi connectivity index (χ0n) is 6.24. The first kappa shape index (κ1) is 7.65. The summed E-state index contributed by atoms with van der Waals surface area (Å²) in [7, 11) is 0. The van der Waals surface area contributed by atoms with E-state index in [4.69, 9.17) is 10.1 Å². The minimum Gasteiger partial charge on any atom is -0.476 e. The zero-order valence-corrected chi connectivity index (χ0v) is 6.24. The van der Waals surface area contributed by atoms with Gasteiger partial charge >= 0.3 is 0 Å². The maximum absolute atomic E-state index is 7.28. The summed E-state index contributed by atoms with van der Waals surface area (Å²) >= 11 is 0. The second-order valence-corrected chi connectivity index (χ2v) is 1.83. The Labute approximate surface area is 64.8 Å².